The Morgan fingerprint density at radius 1 is 1.16 bits per heavy atom. The van der Waals surface area contributed by atoms with Gasteiger partial charge in [0.2, 0.25) is 0 Å². The Morgan fingerprint density at radius 2 is 1.88 bits per heavy atom. The van der Waals surface area contributed by atoms with E-state index in [0.29, 0.717) is 49.6 Å². The second-order valence-electron chi connectivity index (χ2n) is 7.81. The van der Waals surface area contributed by atoms with Crippen LogP contribution in [0.4, 0.5) is 17.2 Å². The third kappa shape index (κ3) is 4.79. The van der Waals surface area contributed by atoms with E-state index in [1.165, 1.54) is 12.3 Å². The predicted molar refractivity (Wildman–Crippen MR) is 118 cm³/mol. The number of amides is 1. The van der Waals surface area contributed by atoms with Crippen molar-refractivity contribution in [3.63, 3.8) is 0 Å². The number of ether oxygens (including phenoxy) is 1. The summed E-state index contributed by atoms with van der Waals surface area (Å²) in [6, 6.07) is 8.34. The van der Waals surface area contributed by atoms with E-state index >= 15 is 0 Å². The average Bonchev–Trinajstić information content (AvgIpc) is 3.63. The maximum Gasteiger partial charge on any atom is 0.339 e. The molecule has 1 saturated carbocycles. The number of rotatable bonds is 7. The van der Waals surface area contributed by atoms with Crippen LogP contribution in [-0.4, -0.2) is 65.5 Å². The molecule has 0 unspecified atom stereocenters. The third-order valence-corrected chi connectivity index (χ3v) is 5.53. The second-order valence-corrected chi connectivity index (χ2v) is 7.81. The molecule has 1 aliphatic carbocycles. The van der Waals surface area contributed by atoms with Crippen LogP contribution in [0, 0.1) is 10.1 Å². The Labute approximate surface area is 185 Å². The zero-order chi connectivity index (χ0) is 22.7. The molecule has 1 saturated heterocycles. The number of esters is 1. The molecule has 1 N–H and O–H groups in total. The van der Waals surface area contributed by atoms with Crippen LogP contribution in [0.5, 0.6) is 0 Å². The zero-order valence-corrected chi connectivity index (χ0v) is 17.8. The third-order valence-electron chi connectivity index (χ3n) is 5.53. The molecule has 0 bridgehead atoms. The van der Waals surface area contributed by atoms with Crippen molar-refractivity contribution in [2.45, 2.75) is 25.8 Å². The van der Waals surface area contributed by atoms with Gasteiger partial charge in [0.25, 0.3) is 11.6 Å². The van der Waals surface area contributed by atoms with Gasteiger partial charge in [0.15, 0.2) is 0 Å². The van der Waals surface area contributed by atoms with Crippen molar-refractivity contribution >= 4 is 29.1 Å². The van der Waals surface area contributed by atoms with Crippen LogP contribution in [-0.2, 0) is 4.74 Å². The van der Waals surface area contributed by atoms with Crippen LogP contribution in [0.1, 0.15) is 40.5 Å². The lowest BCUT2D eigenvalue weighted by Gasteiger charge is -2.35. The number of carbonyl (C=O) groups excluding carboxylic acids is 2. The number of hydrogen-bond donors (Lipinski definition) is 1. The summed E-state index contributed by atoms with van der Waals surface area (Å²) < 4.78 is 4.97. The lowest BCUT2D eigenvalue weighted by Crippen LogP contribution is -2.49. The van der Waals surface area contributed by atoms with Gasteiger partial charge < -0.3 is 19.9 Å². The number of aromatic nitrogens is 1. The minimum Gasteiger partial charge on any atom is -0.462 e. The Balaban J connectivity index is 1.38. The molecule has 0 radical (unpaired) electrons. The summed E-state index contributed by atoms with van der Waals surface area (Å²) in [5.41, 5.74) is 1.08. The van der Waals surface area contributed by atoms with Gasteiger partial charge in [0, 0.05) is 50.0 Å². The number of nitrogens with one attached hydrogen (secondary N) is 1. The van der Waals surface area contributed by atoms with E-state index < -0.39 is 10.9 Å². The molecular weight excluding hydrogens is 414 g/mol. The molecule has 1 aromatic carbocycles. The molecule has 2 heterocycles. The van der Waals surface area contributed by atoms with E-state index in [9.17, 15) is 19.7 Å². The number of nitrogens with zero attached hydrogens (tertiary/aromatic N) is 4. The fourth-order valence-electron chi connectivity index (χ4n) is 3.61. The number of nitro benzene ring substituents is 1. The van der Waals surface area contributed by atoms with Gasteiger partial charge >= 0.3 is 5.97 Å². The summed E-state index contributed by atoms with van der Waals surface area (Å²) in [7, 11) is 0. The quantitative estimate of drug-likeness (QED) is 0.397. The number of anilines is 2. The van der Waals surface area contributed by atoms with Gasteiger partial charge in [-0.1, -0.05) is 0 Å². The lowest BCUT2D eigenvalue weighted by atomic mass is 10.1. The predicted octanol–water partition coefficient (Wildman–Crippen LogP) is 2.70. The molecule has 1 amide bonds. The van der Waals surface area contributed by atoms with Gasteiger partial charge in [-0.05, 0) is 44.0 Å². The fourth-order valence-corrected chi connectivity index (χ4v) is 3.61. The number of benzene rings is 1. The number of carbonyl (C=O) groups is 2. The van der Waals surface area contributed by atoms with Gasteiger partial charge in [-0.25, -0.2) is 9.78 Å². The van der Waals surface area contributed by atoms with Crippen LogP contribution in [0.15, 0.2) is 36.5 Å². The molecule has 10 nitrogen and oxygen atoms in total. The molecule has 32 heavy (non-hydrogen) atoms. The van der Waals surface area contributed by atoms with Crippen molar-refractivity contribution < 1.29 is 19.2 Å². The standard InChI is InChI=1S/C22H25N5O5/c1-2-32-22(29)16-4-8-20(23-14-16)25-9-11-26(12-10-25)21(28)15-3-7-18(24-17-5-6-17)19(13-15)27(30)31/h3-4,7-8,13-14,17,24H,2,5-6,9-12H2,1H3. The Kier molecular flexibility index (Phi) is 6.20. The second kappa shape index (κ2) is 9.21. The zero-order valence-electron chi connectivity index (χ0n) is 17.8. The summed E-state index contributed by atoms with van der Waals surface area (Å²) >= 11 is 0. The molecule has 10 heteroatoms. The smallest absolute Gasteiger partial charge is 0.339 e. The molecular formula is C22H25N5O5. The van der Waals surface area contributed by atoms with Crippen LogP contribution in [0.2, 0.25) is 0 Å². The normalized spacial score (nSPS) is 15.9. The first kappa shape index (κ1) is 21.5. The average molecular weight is 439 g/mol. The monoisotopic (exact) mass is 439 g/mol. The number of pyridine rings is 1. The summed E-state index contributed by atoms with van der Waals surface area (Å²) in [6.45, 7) is 4.13. The minimum atomic E-state index is -0.453. The highest BCUT2D eigenvalue weighted by Gasteiger charge is 2.28. The van der Waals surface area contributed by atoms with Crippen LogP contribution in [0.25, 0.3) is 0 Å². The first-order chi connectivity index (χ1) is 15.5. The Bertz CT molecular complexity index is 1010. The van der Waals surface area contributed by atoms with Crippen LogP contribution >= 0.6 is 0 Å². The number of piperazine rings is 1. The van der Waals surface area contributed by atoms with Gasteiger partial charge in [0.05, 0.1) is 17.1 Å². The molecule has 0 atom stereocenters. The fraction of sp³-hybridized carbons (Fsp3) is 0.409. The molecule has 2 fully saturated rings. The largest absolute Gasteiger partial charge is 0.462 e. The van der Waals surface area contributed by atoms with Crippen LogP contribution < -0.4 is 10.2 Å². The summed E-state index contributed by atoms with van der Waals surface area (Å²) in [5, 5.41) is 14.6. The van der Waals surface area contributed by atoms with Crippen molar-refractivity contribution in [3.8, 4) is 0 Å². The van der Waals surface area contributed by atoms with Gasteiger partial charge in [-0.3, -0.25) is 14.9 Å². The molecule has 2 aromatic rings. The van der Waals surface area contributed by atoms with Crippen LogP contribution in [0.3, 0.4) is 0 Å². The Morgan fingerprint density at radius 3 is 2.47 bits per heavy atom. The summed E-state index contributed by atoms with van der Waals surface area (Å²) in [5.74, 6) is 0.0852. The highest BCUT2D eigenvalue weighted by molar-refractivity contribution is 5.96. The maximum atomic E-state index is 12.9. The number of nitro groups is 1. The van der Waals surface area contributed by atoms with Crippen molar-refractivity contribution in [3.05, 3.63) is 57.8 Å². The minimum absolute atomic E-state index is 0.0766. The van der Waals surface area contributed by atoms with Crippen molar-refractivity contribution in [1.82, 2.24) is 9.88 Å². The van der Waals surface area contributed by atoms with E-state index in [4.69, 9.17) is 4.74 Å². The number of hydrogen-bond acceptors (Lipinski definition) is 8. The van der Waals surface area contributed by atoms with Gasteiger partial charge in [0.1, 0.15) is 11.5 Å². The molecule has 4 rings (SSSR count). The van der Waals surface area contributed by atoms with Crippen molar-refractivity contribution in [2.75, 3.05) is 43.0 Å². The van der Waals surface area contributed by atoms with Gasteiger partial charge in [-0.15, -0.1) is 0 Å². The molecule has 1 aliphatic heterocycles. The molecule has 1 aromatic heterocycles. The summed E-state index contributed by atoms with van der Waals surface area (Å²) in [6.07, 6.45) is 3.49. The highest BCUT2D eigenvalue weighted by atomic mass is 16.6. The van der Waals surface area contributed by atoms with E-state index in [1.807, 2.05) is 4.90 Å². The van der Waals surface area contributed by atoms with E-state index in [1.54, 1.807) is 36.1 Å². The molecule has 2 aliphatic rings. The Hall–Kier alpha value is -3.69. The lowest BCUT2D eigenvalue weighted by molar-refractivity contribution is -0.384. The van der Waals surface area contributed by atoms with Crippen molar-refractivity contribution in [2.24, 2.45) is 0 Å². The van der Waals surface area contributed by atoms with E-state index in [0.717, 1.165) is 18.7 Å². The molecule has 0 spiro atoms. The first-order valence-corrected chi connectivity index (χ1v) is 10.7. The highest BCUT2D eigenvalue weighted by Crippen LogP contribution is 2.32. The van der Waals surface area contributed by atoms with Crippen molar-refractivity contribution in [1.29, 1.82) is 0 Å². The first-order valence-electron chi connectivity index (χ1n) is 10.7. The van der Waals surface area contributed by atoms with E-state index in [2.05, 4.69) is 10.3 Å². The maximum absolute atomic E-state index is 12.9. The SMILES string of the molecule is CCOC(=O)c1ccc(N2CCN(C(=O)c3ccc(NC4CC4)c([N+](=O)[O-])c3)CC2)nc1. The summed E-state index contributed by atoms with van der Waals surface area (Å²) in [4.78, 5) is 43.8. The topological polar surface area (TPSA) is 118 Å². The van der Waals surface area contributed by atoms with Gasteiger partial charge in [-0.2, -0.15) is 0 Å². The van der Waals surface area contributed by atoms with E-state index in [-0.39, 0.29) is 17.6 Å². The molecule has 168 valence electrons.